The van der Waals surface area contributed by atoms with E-state index in [0.717, 1.165) is 24.0 Å². The van der Waals surface area contributed by atoms with Gasteiger partial charge >= 0.3 is 0 Å². The molecule has 0 bridgehead atoms. The normalized spacial score (nSPS) is 15.8. The summed E-state index contributed by atoms with van der Waals surface area (Å²) in [5, 5.41) is 0.0842. The molecule has 0 aliphatic carbocycles. The first-order chi connectivity index (χ1) is 17.0. The fourth-order valence-electron chi connectivity index (χ4n) is 3.80. The maximum absolute atomic E-state index is 13.0. The van der Waals surface area contributed by atoms with E-state index < -0.39 is 20.0 Å². The number of hydrogen-bond donors (Lipinski definition) is 2. The van der Waals surface area contributed by atoms with Gasteiger partial charge in [0.05, 0.1) is 9.79 Å². The summed E-state index contributed by atoms with van der Waals surface area (Å²) in [6.07, 6.45) is 2.89. The third kappa shape index (κ3) is 8.77. The molecule has 2 aromatic carbocycles. The monoisotopic (exact) mass is 572 g/mol. The Morgan fingerprint density at radius 1 is 0.583 bits per heavy atom. The van der Waals surface area contributed by atoms with Crippen LogP contribution in [0.4, 0.5) is 0 Å². The van der Waals surface area contributed by atoms with Crippen molar-refractivity contribution in [3.8, 4) is 0 Å². The van der Waals surface area contributed by atoms with Crippen LogP contribution in [-0.4, -0.2) is 39.4 Å². The first-order valence-electron chi connectivity index (χ1n) is 12.5. The highest BCUT2D eigenvalue weighted by Crippen LogP contribution is 2.38. The summed E-state index contributed by atoms with van der Waals surface area (Å²) in [5.41, 5.74) is 2.02. The Hall–Kier alpha value is -1.04. The maximum atomic E-state index is 13.0. The van der Waals surface area contributed by atoms with Crippen LogP contribution >= 0.6 is 21.6 Å². The van der Waals surface area contributed by atoms with Crippen LogP contribution in [0.1, 0.15) is 64.5 Å². The summed E-state index contributed by atoms with van der Waals surface area (Å²) >= 11 is 0. The van der Waals surface area contributed by atoms with Gasteiger partial charge in [-0.05, 0) is 63.8 Å². The van der Waals surface area contributed by atoms with E-state index in [-0.39, 0.29) is 32.4 Å². The first-order valence-corrected chi connectivity index (χ1v) is 17.7. The molecule has 2 N–H and O–H groups in total. The molecule has 2 aromatic rings. The largest absolute Gasteiger partial charge is 0.240 e. The molecule has 6 nitrogen and oxygen atoms in total. The molecule has 202 valence electrons. The molecule has 0 saturated carbocycles. The third-order valence-corrected chi connectivity index (χ3v) is 12.9. The van der Waals surface area contributed by atoms with Crippen molar-refractivity contribution in [3.05, 3.63) is 59.7 Å². The van der Waals surface area contributed by atoms with Crippen LogP contribution in [0.15, 0.2) is 58.3 Å². The van der Waals surface area contributed by atoms with E-state index in [1.807, 2.05) is 27.7 Å². The van der Waals surface area contributed by atoms with Gasteiger partial charge in [-0.3, -0.25) is 0 Å². The van der Waals surface area contributed by atoms with E-state index >= 15 is 0 Å². The van der Waals surface area contributed by atoms with Gasteiger partial charge < -0.3 is 0 Å². The molecule has 36 heavy (non-hydrogen) atoms. The molecule has 2 rings (SSSR count). The Kier molecular flexibility index (Phi) is 12.3. The van der Waals surface area contributed by atoms with Gasteiger partial charge in [0.2, 0.25) is 20.0 Å². The number of rotatable bonds is 15. The minimum absolute atomic E-state index is 0.0421. The molecule has 0 aliphatic heterocycles. The Balaban J connectivity index is 2.10. The summed E-state index contributed by atoms with van der Waals surface area (Å²) in [7, 11) is -3.97. The molecule has 0 aliphatic rings. The SMILES string of the molecule is CC[C@@H](NS(=O)(=O)c1ccc(C)cc1)[C@@H](CC)SS[C@H](CC)[C@@H](CC)NS(=O)(=O)c1ccc(C)cc1. The van der Waals surface area contributed by atoms with E-state index in [0.29, 0.717) is 12.8 Å². The van der Waals surface area contributed by atoms with E-state index in [2.05, 4.69) is 23.3 Å². The smallest absolute Gasteiger partial charge is 0.207 e. The molecule has 4 atom stereocenters. The van der Waals surface area contributed by atoms with Crippen molar-refractivity contribution in [3.63, 3.8) is 0 Å². The van der Waals surface area contributed by atoms with Crippen LogP contribution in [0, 0.1) is 13.8 Å². The molecule has 0 saturated heterocycles. The van der Waals surface area contributed by atoms with Crippen molar-refractivity contribution >= 4 is 41.6 Å². The molecule has 10 heteroatoms. The number of sulfonamides is 2. The topological polar surface area (TPSA) is 92.3 Å². The van der Waals surface area contributed by atoms with Gasteiger partial charge in [0.1, 0.15) is 0 Å². The summed E-state index contributed by atoms with van der Waals surface area (Å²) in [5.74, 6) is 0. The van der Waals surface area contributed by atoms with Gasteiger partial charge in [-0.1, -0.05) is 84.7 Å². The quantitative estimate of drug-likeness (QED) is 0.252. The zero-order chi connectivity index (χ0) is 26.9. The highest BCUT2D eigenvalue weighted by molar-refractivity contribution is 8.77. The molecule has 0 unspecified atom stereocenters. The number of benzene rings is 2. The zero-order valence-electron chi connectivity index (χ0n) is 22.0. The van der Waals surface area contributed by atoms with Crippen LogP contribution in [0.25, 0.3) is 0 Å². The van der Waals surface area contributed by atoms with E-state index in [1.165, 1.54) is 0 Å². The van der Waals surface area contributed by atoms with Gasteiger partial charge in [0.25, 0.3) is 0 Å². The molecular weight excluding hydrogens is 533 g/mol. The highest BCUT2D eigenvalue weighted by atomic mass is 33.1. The van der Waals surface area contributed by atoms with Crippen LogP contribution < -0.4 is 9.44 Å². The number of nitrogens with one attached hydrogen (secondary N) is 2. The average Bonchev–Trinajstić information content (AvgIpc) is 2.85. The first kappa shape index (κ1) is 31.2. The van der Waals surface area contributed by atoms with Crippen LogP contribution in [-0.2, 0) is 20.0 Å². The van der Waals surface area contributed by atoms with Gasteiger partial charge in [-0.2, -0.15) is 0 Å². The van der Waals surface area contributed by atoms with Crippen molar-refractivity contribution in [2.24, 2.45) is 0 Å². The molecule has 0 aromatic heterocycles. The predicted molar refractivity (Wildman–Crippen MR) is 154 cm³/mol. The van der Waals surface area contributed by atoms with E-state index in [9.17, 15) is 16.8 Å². The van der Waals surface area contributed by atoms with Crippen molar-refractivity contribution in [1.82, 2.24) is 9.44 Å². The summed E-state index contributed by atoms with van der Waals surface area (Å²) in [4.78, 5) is 0.532. The highest BCUT2D eigenvalue weighted by Gasteiger charge is 2.30. The lowest BCUT2D eigenvalue weighted by Crippen LogP contribution is -2.42. The van der Waals surface area contributed by atoms with Crippen molar-refractivity contribution in [2.45, 2.75) is 99.6 Å². The minimum Gasteiger partial charge on any atom is -0.207 e. The van der Waals surface area contributed by atoms with Crippen molar-refractivity contribution in [2.75, 3.05) is 0 Å². The maximum Gasteiger partial charge on any atom is 0.240 e. The fourth-order valence-corrected chi connectivity index (χ4v) is 10.5. The Morgan fingerprint density at radius 2 is 0.889 bits per heavy atom. The lowest BCUT2D eigenvalue weighted by molar-refractivity contribution is 0.519. The summed E-state index contributed by atoms with van der Waals surface area (Å²) < 4.78 is 57.8. The third-order valence-electron chi connectivity index (χ3n) is 6.16. The Morgan fingerprint density at radius 3 is 1.14 bits per heavy atom. The van der Waals surface area contributed by atoms with Crippen molar-refractivity contribution < 1.29 is 16.8 Å². The summed E-state index contributed by atoms with van der Waals surface area (Å²) in [6.45, 7) is 11.9. The van der Waals surface area contributed by atoms with Gasteiger partial charge in [-0.25, -0.2) is 26.3 Å². The average molecular weight is 573 g/mol. The lowest BCUT2D eigenvalue weighted by Gasteiger charge is -2.29. The van der Waals surface area contributed by atoms with E-state index in [1.54, 1.807) is 70.1 Å². The summed E-state index contributed by atoms with van der Waals surface area (Å²) in [6, 6.07) is 13.2. The van der Waals surface area contributed by atoms with Crippen molar-refractivity contribution in [1.29, 1.82) is 0 Å². The lowest BCUT2D eigenvalue weighted by atomic mass is 10.1. The minimum atomic E-state index is -3.63. The number of hydrogen-bond acceptors (Lipinski definition) is 6. The molecule has 0 radical (unpaired) electrons. The molecule has 0 amide bonds. The number of aryl methyl sites for hydroxylation is 2. The van der Waals surface area contributed by atoms with E-state index in [4.69, 9.17) is 0 Å². The Bertz CT molecular complexity index is 1060. The van der Waals surface area contributed by atoms with Crippen LogP contribution in [0.3, 0.4) is 0 Å². The second-order valence-electron chi connectivity index (χ2n) is 8.98. The second kappa shape index (κ2) is 14.2. The van der Waals surface area contributed by atoms with Gasteiger partial charge in [0, 0.05) is 22.6 Å². The Labute approximate surface area is 226 Å². The van der Waals surface area contributed by atoms with Gasteiger partial charge in [0.15, 0.2) is 0 Å². The van der Waals surface area contributed by atoms with Gasteiger partial charge in [-0.15, -0.1) is 0 Å². The molecule has 0 heterocycles. The molecule has 0 fully saturated rings. The molecular formula is C26H40N2O4S4. The predicted octanol–water partition coefficient (Wildman–Crippen LogP) is 6.06. The second-order valence-corrected chi connectivity index (χ2v) is 15.2. The standard InChI is InChI=1S/C26H40N2O4S4/c1-7-23(27-35(29,30)21-15-11-19(5)12-16-21)25(9-3)33-34-26(10-4)24(8-2)28-36(31,32)22-17-13-20(6)14-18-22/h11-18,23-28H,7-10H2,1-6H3/t23-,24-,25-,26-/m1/s1. The fraction of sp³-hybridized carbons (Fsp3) is 0.538. The van der Waals surface area contributed by atoms with Crippen LogP contribution in [0.5, 0.6) is 0 Å². The zero-order valence-corrected chi connectivity index (χ0v) is 25.3. The molecule has 0 spiro atoms. The van der Waals surface area contributed by atoms with Crippen LogP contribution in [0.2, 0.25) is 0 Å².